The highest BCUT2D eigenvalue weighted by molar-refractivity contribution is 5.98. The molecule has 1 aromatic heterocycles. The first-order valence-electron chi connectivity index (χ1n) is 11.5. The number of benzene rings is 3. The average Bonchev–Trinajstić information content (AvgIpc) is 2.90. The van der Waals surface area contributed by atoms with E-state index in [1.54, 1.807) is 23.1 Å². The molecule has 170 valence electrons. The third-order valence-electron chi connectivity index (χ3n) is 6.46. The van der Waals surface area contributed by atoms with E-state index in [0.29, 0.717) is 29.6 Å². The molecule has 0 unspecified atom stereocenters. The van der Waals surface area contributed by atoms with Crippen LogP contribution in [0.2, 0.25) is 0 Å². The molecule has 0 spiro atoms. The smallest absolute Gasteiger partial charge is 0.261 e. The normalized spacial score (nSPS) is 15.9. The molecule has 1 fully saturated rings. The van der Waals surface area contributed by atoms with Crippen LogP contribution in [0.25, 0.3) is 22.0 Å². The van der Waals surface area contributed by atoms with Crippen molar-refractivity contribution in [3.8, 4) is 11.1 Å². The molecule has 34 heavy (non-hydrogen) atoms. The average molecular weight is 452 g/mol. The first-order valence-corrected chi connectivity index (χ1v) is 11.5. The summed E-state index contributed by atoms with van der Waals surface area (Å²) >= 11 is 0. The monoisotopic (exact) mass is 451 g/mol. The summed E-state index contributed by atoms with van der Waals surface area (Å²) < 4.78 is 1.35. The van der Waals surface area contributed by atoms with Gasteiger partial charge in [-0.15, -0.1) is 0 Å². The Morgan fingerprint density at radius 1 is 0.882 bits per heavy atom. The summed E-state index contributed by atoms with van der Waals surface area (Å²) in [6.07, 6.45) is 2.93. The molecule has 0 bridgehead atoms. The number of piperidine rings is 1. The van der Waals surface area contributed by atoms with Crippen molar-refractivity contribution in [1.82, 2.24) is 14.5 Å². The summed E-state index contributed by atoms with van der Waals surface area (Å²) in [6, 6.07) is 24.8. The maximum atomic E-state index is 13.2. The topological polar surface area (TPSA) is 72.3 Å². The lowest BCUT2D eigenvalue weighted by molar-refractivity contribution is -0.133. The van der Waals surface area contributed by atoms with Crippen LogP contribution in [0.1, 0.15) is 23.2 Å². The molecule has 1 aliphatic rings. The van der Waals surface area contributed by atoms with E-state index in [-0.39, 0.29) is 29.7 Å². The van der Waals surface area contributed by atoms with E-state index in [1.807, 2.05) is 60.7 Å². The quantitative estimate of drug-likeness (QED) is 0.427. The Balaban J connectivity index is 1.27. The summed E-state index contributed by atoms with van der Waals surface area (Å²) in [5, 5.41) is 0.489. The molecular formula is C28H25N3O3. The number of hydrogen-bond acceptors (Lipinski definition) is 4. The standard InChI is InChI=1S/C28H25N3O3/c32-26(18-31-19-29-25-11-5-4-10-24(25)28(31)34)30-16-6-9-23(17-30)27(33)22-14-12-21(13-15-22)20-7-2-1-3-8-20/h1-5,7-8,10-15,19,23H,6,9,16-18H2/t23-/m1/s1. The molecule has 1 aliphatic heterocycles. The fraction of sp³-hybridized carbons (Fsp3) is 0.214. The van der Waals surface area contributed by atoms with Gasteiger partial charge in [0, 0.05) is 24.6 Å². The lowest BCUT2D eigenvalue weighted by Crippen LogP contribution is -2.44. The minimum Gasteiger partial charge on any atom is -0.340 e. The van der Waals surface area contributed by atoms with Gasteiger partial charge in [0.15, 0.2) is 5.78 Å². The number of rotatable bonds is 5. The van der Waals surface area contributed by atoms with Crippen LogP contribution in [0.15, 0.2) is 90.0 Å². The second-order valence-corrected chi connectivity index (χ2v) is 8.68. The van der Waals surface area contributed by atoms with E-state index in [1.165, 1.54) is 10.9 Å². The van der Waals surface area contributed by atoms with Gasteiger partial charge < -0.3 is 4.90 Å². The van der Waals surface area contributed by atoms with Gasteiger partial charge >= 0.3 is 0 Å². The number of carbonyl (C=O) groups excluding carboxylic acids is 2. The molecule has 0 radical (unpaired) electrons. The fourth-order valence-electron chi connectivity index (χ4n) is 4.58. The van der Waals surface area contributed by atoms with Crippen molar-refractivity contribution < 1.29 is 9.59 Å². The highest BCUT2D eigenvalue weighted by Gasteiger charge is 2.29. The van der Waals surface area contributed by atoms with Crippen LogP contribution < -0.4 is 5.56 Å². The van der Waals surface area contributed by atoms with E-state index in [4.69, 9.17) is 0 Å². The van der Waals surface area contributed by atoms with Crippen LogP contribution >= 0.6 is 0 Å². The number of aromatic nitrogens is 2. The van der Waals surface area contributed by atoms with Crippen LogP contribution in [-0.4, -0.2) is 39.2 Å². The number of likely N-dealkylation sites (tertiary alicyclic amines) is 1. The molecule has 1 saturated heterocycles. The highest BCUT2D eigenvalue weighted by Crippen LogP contribution is 2.24. The zero-order valence-electron chi connectivity index (χ0n) is 18.8. The Morgan fingerprint density at radius 3 is 2.38 bits per heavy atom. The van der Waals surface area contributed by atoms with Crippen molar-refractivity contribution in [2.75, 3.05) is 13.1 Å². The van der Waals surface area contributed by atoms with Crippen LogP contribution in [0, 0.1) is 5.92 Å². The molecule has 1 amide bonds. The molecule has 3 aromatic carbocycles. The Labute approximate surface area is 197 Å². The van der Waals surface area contributed by atoms with Gasteiger partial charge in [0.2, 0.25) is 5.91 Å². The first-order chi connectivity index (χ1) is 16.6. The van der Waals surface area contributed by atoms with Gasteiger partial charge in [0.25, 0.3) is 5.56 Å². The largest absolute Gasteiger partial charge is 0.340 e. The summed E-state index contributed by atoms with van der Waals surface area (Å²) in [5.74, 6) is -0.357. The highest BCUT2D eigenvalue weighted by atomic mass is 16.2. The zero-order chi connectivity index (χ0) is 23.5. The molecule has 1 atom stereocenters. The third-order valence-corrected chi connectivity index (χ3v) is 6.46. The predicted molar refractivity (Wildman–Crippen MR) is 132 cm³/mol. The number of amides is 1. The van der Waals surface area contributed by atoms with Crippen LogP contribution in [0.4, 0.5) is 0 Å². The molecular weight excluding hydrogens is 426 g/mol. The number of carbonyl (C=O) groups is 2. The Bertz CT molecular complexity index is 1390. The molecule has 2 heterocycles. The molecule has 0 N–H and O–H groups in total. The Morgan fingerprint density at radius 2 is 1.59 bits per heavy atom. The summed E-state index contributed by atoms with van der Waals surface area (Å²) in [7, 11) is 0. The first kappa shape index (κ1) is 21.8. The minimum absolute atomic E-state index is 0.0571. The molecule has 0 aliphatic carbocycles. The summed E-state index contributed by atoms with van der Waals surface area (Å²) in [5.41, 5.74) is 3.20. The molecule has 6 nitrogen and oxygen atoms in total. The van der Waals surface area contributed by atoms with Crippen molar-refractivity contribution in [1.29, 1.82) is 0 Å². The number of nitrogens with zero attached hydrogens (tertiary/aromatic N) is 3. The van der Waals surface area contributed by atoms with Crippen molar-refractivity contribution in [3.05, 3.63) is 101 Å². The van der Waals surface area contributed by atoms with Crippen LogP contribution in [0.3, 0.4) is 0 Å². The van der Waals surface area contributed by atoms with Crippen LogP contribution in [-0.2, 0) is 11.3 Å². The van der Waals surface area contributed by atoms with Crippen molar-refractivity contribution in [2.24, 2.45) is 5.92 Å². The number of para-hydroxylation sites is 1. The molecule has 4 aromatic rings. The van der Waals surface area contributed by atoms with Gasteiger partial charge in [-0.3, -0.25) is 19.0 Å². The van der Waals surface area contributed by atoms with Crippen molar-refractivity contribution >= 4 is 22.6 Å². The fourth-order valence-corrected chi connectivity index (χ4v) is 4.58. The van der Waals surface area contributed by atoms with Crippen molar-refractivity contribution in [3.63, 3.8) is 0 Å². The van der Waals surface area contributed by atoms with Gasteiger partial charge in [-0.05, 0) is 36.1 Å². The number of hydrogen-bond donors (Lipinski definition) is 0. The maximum absolute atomic E-state index is 13.2. The zero-order valence-corrected chi connectivity index (χ0v) is 18.8. The Kier molecular flexibility index (Phi) is 6.04. The number of Topliss-reactive ketones (excluding diaryl/α,β-unsaturated/α-hetero) is 1. The summed E-state index contributed by atoms with van der Waals surface area (Å²) in [6.45, 7) is 0.878. The van der Waals surface area contributed by atoms with E-state index in [2.05, 4.69) is 4.98 Å². The van der Waals surface area contributed by atoms with Crippen LogP contribution in [0.5, 0.6) is 0 Å². The Hall–Kier alpha value is -4.06. The van der Waals surface area contributed by atoms with E-state index < -0.39 is 0 Å². The van der Waals surface area contributed by atoms with Gasteiger partial charge in [-0.25, -0.2) is 4.98 Å². The van der Waals surface area contributed by atoms with Gasteiger partial charge in [-0.2, -0.15) is 0 Å². The lowest BCUT2D eigenvalue weighted by atomic mass is 9.89. The SMILES string of the molecule is O=C(c1ccc(-c2ccccc2)cc1)[C@@H]1CCCN(C(=O)Cn2cnc3ccccc3c2=O)C1. The minimum atomic E-state index is -0.244. The van der Waals surface area contributed by atoms with E-state index in [0.717, 1.165) is 24.0 Å². The maximum Gasteiger partial charge on any atom is 0.261 e. The number of fused-ring (bicyclic) bond motifs is 1. The van der Waals surface area contributed by atoms with E-state index in [9.17, 15) is 14.4 Å². The van der Waals surface area contributed by atoms with Gasteiger partial charge in [-0.1, -0.05) is 66.7 Å². The predicted octanol–water partition coefficient (Wildman–Crippen LogP) is 4.19. The van der Waals surface area contributed by atoms with E-state index >= 15 is 0 Å². The lowest BCUT2D eigenvalue weighted by Gasteiger charge is -2.32. The molecule has 5 rings (SSSR count). The van der Waals surface area contributed by atoms with Crippen molar-refractivity contribution in [2.45, 2.75) is 19.4 Å². The third kappa shape index (κ3) is 4.39. The number of ketones is 1. The molecule has 0 saturated carbocycles. The second-order valence-electron chi connectivity index (χ2n) is 8.68. The van der Waals surface area contributed by atoms with Gasteiger partial charge in [0.1, 0.15) is 6.54 Å². The summed E-state index contributed by atoms with van der Waals surface area (Å²) in [4.78, 5) is 44.9. The molecule has 6 heteroatoms. The van der Waals surface area contributed by atoms with Gasteiger partial charge in [0.05, 0.1) is 17.2 Å². The second kappa shape index (κ2) is 9.43.